The summed E-state index contributed by atoms with van der Waals surface area (Å²) < 4.78 is 9.28. The first-order chi connectivity index (χ1) is 30.2. The molecule has 11 aromatic rings. The van der Waals surface area contributed by atoms with Crippen LogP contribution >= 0.6 is 0 Å². The number of hydrogen-bond donors (Lipinski definition) is 0. The first-order valence-electron chi connectivity index (χ1n) is 20.7. The monoisotopic (exact) mass is 778 g/mol. The fourth-order valence-corrected chi connectivity index (χ4v) is 10.1. The molecule has 2 aliphatic rings. The summed E-state index contributed by atoms with van der Waals surface area (Å²) in [5.41, 5.74) is 12.8. The minimum Gasteiger partial charge on any atom is -0.457 e. The number of aromatic nitrogens is 4. The van der Waals surface area contributed by atoms with E-state index in [-0.39, 0.29) is 0 Å². The van der Waals surface area contributed by atoms with Crippen molar-refractivity contribution in [3.63, 3.8) is 0 Å². The zero-order valence-electron chi connectivity index (χ0n) is 32.8. The third-order valence-corrected chi connectivity index (χ3v) is 12.7. The zero-order chi connectivity index (χ0) is 40.1. The minimum atomic E-state index is -0.594. The van der Waals surface area contributed by atoms with E-state index < -0.39 is 5.41 Å². The van der Waals surface area contributed by atoms with Crippen LogP contribution in [0.1, 0.15) is 22.3 Å². The van der Waals surface area contributed by atoms with Crippen LogP contribution in [-0.4, -0.2) is 19.5 Å². The van der Waals surface area contributed by atoms with Gasteiger partial charge < -0.3 is 4.74 Å². The van der Waals surface area contributed by atoms with E-state index in [0.717, 1.165) is 77.5 Å². The number of nitrogens with zero attached hydrogens (tertiary/aromatic N) is 4. The van der Waals surface area contributed by atoms with Gasteiger partial charge in [-0.05, 0) is 50.9 Å². The highest BCUT2D eigenvalue weighted by Crippen LogP contribution is 2.62. The molecule has 0 N–H and O–H groups in total. The standard InChI is InChI=1S/C56H34N4O/c1-3-15-35(16-4-1)36-27-29-39(30-28-36)54-57-53(38-18-5-2-6-19-38)58-55(59-54)60-49-34-51-48(33-44(49)43-32-31-37-17-7-8-20-40(37)52(43)60)56(47-25-13-14-26-50(47)61-51)45-23-11-9-21-41(45)42-22-10-12-24-46(42)56/h1-34H. The summed E-state index contributed by atoms with van der Waals surface area (Å²) in [6.45, 7) is 0. The van der Waals surface area contributed by atoms with Crippen LogP contribution in [0.5, 0.6) is 11.5 Å². The van der Waals surface area contributed by atoms with E-state index in [9.17, 15) is 0 Å². The summed E-state index contributed by atoms with van der Waals surface area (Å²) in [6, 6.07) is 73.0. The van der Waals surface area contributed by atoms with Gasteiger partial charge in [-0.1, -0.05) is 188 Å². The van der Waals surface area contributed by atoms with Gasteiger partial charge in [0.1, 0.15) is 11.5 Å². The molecular weight excluding hydrogens is 745 g/mol. The van der Waals surface area contributed by atoms with Gasteiger partial charge in [-0.2, -0.15) is 9.97 Å². The van der Waals surface area contributed by atoms with Crippen LogP contribution in [0.15, 0.2) is 206 Å². The van der Waals surface area contributed by atoms with Crippen molar-refractivity contribution < 1.29 is 4.74 Å². The number of para-hydroxylation sites is 1. The van der Waals surface area contributed by atoms with Gasteiger partial charge in [0.25, 0.3) is 0 Å². The Morgan fingerprint density at radius 3 is 1.66 bits per heavy atom. The predicted molar refractivity (Wildman–Crippen MR) is 245 cm³/mol. The molecule has 0 saturated heterocycles. The number of rotatable bonds is 4. The number of hydrogen-bond acceptors (Lipinski definition) is 4. The van der Waals surface area contributed by atoms with Crippen molar-refractivity contribution in [2.45, 2.75) is 5.41 Å². The molecular formula is C56H34N4O. The Morgan fingerprint density at radius 2 is 0.934 bits per heavy atom. The SMILES string of the molecule is c1ccc(-c2ccc(-c3nc(-c4ccccc4)nc(-n4c5cc6c(cc5c5ccc7ccccc7c54)C4(c5ccccc5O6)c5ccccc5-c5ccccc54)n3)cc2)cc1. The lowest BCUT2D eigenvalue weighted by Crippen LogP contribution is -2.32. The second kappa shape index (κ2) is 12.9. The molecule has 5 nitrogen and oxygen atoms in total. The molecule has 0 amide bonds. The third-order valence-electron chi connectivity index (χ3n) is 12.7. The maximum Gasteiger partial charge on any atom is 0.238 e. The van der Waals surface area contributed by atoms with Crippen molar-refractivity contribution in [3.05, 3.63) is 229 Å². The molecule has 0 atom stereocenters. The van der Waals surface area contributed by atoms with E-state index in [1.165, 1.54) is 22.3 Å². The summed E-state index contributed by atoms with van der Waals surface area (Å²) in [7, 11) is 0. The summed E-state index contributed by atoms with van der Waals surface area (Å²) >= 11 is 0. The number of ether oxygens (including phenoxy) is 1. The minimum absolute atomic E-state index is 0.537. The van der Waals surface area contributed by atoms with Crippen LogP contribution in [0.4, 0.5) is 0 Å². The Morgan fingerprint density at radius 1 is 0.377 bits per heavy atom. The van der Waals surface area contributed by atoms with E-state index in [1.807, 2.05) is 24.3 Å². The first kappa shape index (κ1) is 33.8. The molecule has 13 rings (SSSR count). The van der Waals surface area contributed by atoms with Crippen molar-refractivity contribution in [2.75, 3.05) is 0 Å². The molecule has 5 heteroatoms. The van der Waals surface area contributed by atoms with Gasteiger partial charge in [-0.15, -0.1) is 0 Å². The van der Waals surface area contributed by atoms with Crippen molar-refractivity contribution in [2.24, 2.45) is 0 Å². The maximum absolute atomic E-state index is 7.04. The quantitative estimate of drug-likeness (QED) is 0.179. The van der Waals surface area contributed by atoms with Crippen molar-refractivity contribution in [3.8, 4) is 62.5 Å². The lowest BCUT2D eigenvalue weighted by molar-refractivity contribution is 0.437. The summed E-state index contributed by atoms with van der Waals surface area (Å²) in [5, 5.41) is 4.46. The number of benzene rings is 9. The molecule has 0 unspecified atom stereocenters. The number of fused-ring (bicyclic) bond motifs is 14. The Balaban J connectivity index is 1.12. The van der Waals surface area contributed by atoms with E-state index in [4.69, 9.17) is 19.7 Å². The lowest BCUT2D eigenvalue weighted by Gasteiger charge is -2.39. The van der Waals surface area contributed by atoms with Crippen LogP contribution in [0, 0.1) is 0 Å². The molecule has 0 bridgehead atoms. The molecule has 2 aromatic heterocycles. The molecule has 284 valence electrons. The summed E-state index contributed by atoms with van der Waals surface area (Å²) in [6.07, 6.45) is 0. The van der Waals surface area contributed by atoms with Gasteiger partial charge in [0, 0.05) is 44.5 Å². The Kier molecular flexibility index (Phi) is 7.16. The Labute approximate surface area is 351 Å². The highest BCUT2D eigenvalue weighted by Gasteiger charge is 2.51. The smallest absolute Gasteiger partial charge is 0.238 e. The highest BCUT2D eigenvalue weighted by atomic mass is 16.5. The van der Waals surface area contributed by atoms with Crippen LogP contribution in [0.3, 0.4) is 0 Å². The average Bonchev–Trinajstić information content (AvgIpc) is 3.82. The van der Waals surface area contributed by atoms with E-state index in [0.29, 0.717) is 17.6 Å². The van der Waals surface area contributed by atoms with E-state index in [1.54, 1.807) is 0 Å². The van der Waals surface area contributed by atoms with Gasteiger partial charge in [0.2, 0.25) is 5.95 Å². The van der Waals surface area contributed by atoms with Gasteiger partial charge in [0.05, 0.1) is 16.4 Å². The fraction of sp³-hybridized carbons (Fsp3) is 0.0179. The summed E-state index contributed by atoms with van der Waals surface area (Å²) in [5.74, 6) is 3.39. The van der Waals surface area contributed by atoms with Crippen molar-refractivity contribution >= 4 is 32.6 Å². The maximum atomic E-state index is 7.04. The molecule has 1 spiro atoms. The topological polar surface area (TPSA) is 52.8 Å². The lowest BCUT2D eigenvalue weighted by atomic mass is 9.66. The molecule has 9 aromatic carbocycles. The second-order valence-electron chi connectivity index (χ2n) is 15.9. The van der Waals surface area contributed by atoms with Crippen molar-refractivity contribution in [1.82, 2.24) is 19.5 Å². The zero-order valence-corrected chi connectivity index (χ0v) is 32.8. The van der Waals surface area contributed by atoms with Crippen LogP contribution in [-0.2, 0) is 5.41 Å². The van der Waals surface area contributed by atoms with Crippen LogP contribution in [0.2, 0.25) is 0 Å². The Hall–Kier alpha value is -8.15. The average molecular weight is 779 g/mol. The molecule has 61 heavy (non-hydrogen) atoms. The van der Waals surface area contributed by atoms with Crippen LogP contribution in [0.25, 0.3) is 83.6 Å². The normalized spacial score (nSPS) is 13.2. The van der Waals surface area contributed by atoms with Gasteiger partial charge in [-0.25, -0.2) is 4.98 Å². The third kappa shape index (κ3) is 4.86. The summed E-state index contributed by atoms with van der Waals surface area (Å²) in [4.78, 5) is 15.8. The molecule has 1 aliphatic heterocycles. The second-order valence-corrected chi connectivity index (χ2v) is 15.9. The highest BCUT2D eigenvalue weighted by molar-refractivity contribution is 6.19. The van der Waals surface area contributed by atoms with E-state index >= 15 is 0 Å². The molecule has 0 fully saturated rings. The van der Waals surface area contributed by atoms with Gasteiger partial charge in [-0.3, -0.25) is 4.57 Å². The van der Waals surface area contributed by atoms with Crippen molar-refractivity contribution in [1.29, 1.82) is 0 Å². The first-order valence-corrected chi connectivity index (χ1v) is 20.7. The fourth-order valence-electron chi connectivity index (χ4n) is 10.1. The largest absolute Gasteiger partial charge is 0.457 e. The Bertz CT molecular complexity index is 3510. The molecule has 0 saturated carbocycles. The van der Waals surface area contributed by atoms with Gasteiger partial charge in [0.15, 0.2) is 11.6 Å². The molecule has 3 heterocycles. The molecule has 0 radical (unpaired) electrons. The predicted octanol–water partition coefficient (Wildman–Crippen LogP) is 13.6. The molecule has 1 aliphatic carbocycles. The van der Waals surface area contributed by atoms with Gasteiger partial charge >= 0.3 is 0 Å². The van der Waals surface area contributed by atoms with Crippen LogP contribution < -0.4 is 4.74 Å². The van der Waals surface area contributed by atoms with E-state index in [2.05, 4.69) is 187 Å².